The highest BCUT2D eigenvalue weighted by molar-refractivity contribution is 5.99. The van der Waals surface area contributed by atoms with Crippen molar-refractivity contribution in [1.29, 1.82) is 0 Å². The zero-order valence-corrected chi connectivity index (χ0v) is 10.2. The average Bonchev–Trinajstić information content (AvgIpc) is 3.08. The van der Waals surface area contributed by atoms with Crippen molar-refractivity contribution in [2.24, 2.45) is 0 Å². The van der Waals surface area contributed by atoms with Gasteiger partial charge in [-0.3, -0.25) is 9.59 Å². The van der Waals surface area contributed by atoms with Crippen molar-refractivity contribution in [2.45, 2.75) is 64.1 Å². The third-order valence-electron chi connectivity index (χ3n) is 3.95. The van der Waals surface area contributed by atoms with E-state index in [4.69, 9.17) is 0 Å². The van der Waals surface area contributed by atoms with Gasteiger partial charge in [-0.25, -0.2) is 0 Å². The highest BCUT2D eigenvalue weighted by atomic mass is 16.2. The Labute approximate surface area is 96.4 Å². The molecule has 0 aromatic heterocycles. The third kappa shape index (κ3) is 1.51. The summed E-state index contributed by atoms with van der Waals surface area (Å²) in [4.78, 5) is 26.2. The Morgan fingerprint density at radius 1 is 1.31 bits per heavy atom. The molecule has 0 aromatic carbocycles. The van der Waals surface area contributed by atoms with Gasteiger partial charge in [0.25, 0.3) is 0 Å². The maximum atomic E-state index is 12.5. The molecule has 2 fully saturated rings. The molecule has 90 valence electrons. The summed E-state index contributed by atoms with van der Waals surface area (Å²) in [6.07, 6.45) is 3.44. The van der Waals surface area contributed by atoms with E-state index < -0.39 is 5.54 Å². The van der Waals surface area contributed by atoms with Crippen LogP contribution in [-0.2, 0) is 9.59 Å². The van der Waals surface area contributed by atoms with Crippen LogP contribution >= 0.6 is 0 Å². The molecule has 16 heavy (non-hydrogen) atoms. The first kappa shape index (κ1) is 11.4. The highest BCUT2D eigenvalue weighted by Crippen LogP contribution is 2.34. The fourth-order valence-corrected chi connectivity index (χ4v) is 2.51. The van der Waals surface area contributed by atoms with Gasteiger partial charge in [-0.05, 0) is 32.6 Å². The van der Waals surface area contributed by atoms with Crippen molar-refractivity contribution in [1.82, 2.24) is 10.2 Å². The van der Waals surface area contributed by atoms with Crippen molar-refractivity contribution in [2.75, 3.05) is 0 Å². The lowest BCUT2D eigenvalue weighted by atomic mass is 9.87. The number of nitrogens with zero attached hydrogens (tertiary/aromatic N) is 1. The van der Waals surface area contributed by atoms with Gasteiger partial charge in [-0.15, -0.1) is 0 Å². The molecule has 0 bridgehead atoms. The second kappa shape index (κ2) is 3.75. The molecular formula is C12H20N2O2. The van der Waals surface area contributed by atoms with Gasteiger partial charge in [0.15, 0.2) is 0 Å². The number of piperazine rings is 1. The molecule has 0 radical (unpaired) electrons. The molecule has 1 saturated heterocycles. The van der Waals surface area contributed by atoms with Crippen LogP contribution in [0.2, 0.25) is 0 Å². The minimum atomic E-state index is -0.647. The Kier molecular flexibility index (Phi) is 2.68. The van der Waals surface area contributed by atoms with Crippen molar-refractivity contribution < 1.29 is 9.59 Å². The van der Waals surface area contributed by atoms with Crippen LogP contribution in [0.3, 0.4) is 0 Å². The summed E-state index contributed by atoms with van der Waals surface area (Å²) < 4.78 is 0. The monoisotopic (exact) mass is 224 g/mol. The molecule has 2 rings (SSSR count). The smallest absolute Gasteiger partial charge is 0.249 e. The van der Waals surface area contributed by atoms with Gasteiger partial charge in [-0.1, -0.05) is 13.8 Å². The van der Waals surface area contributed by atoms with E-state index in [9.17, 15) is 9.59 Å². The largest absolute Gasteiger partial charge is 0.340 e. The average molecular weight is 224 g/mol. The van der Waals surface area contributed by atoms with E-state index in [0.717, 1.165) is 12.8 Å². The SMILES string of the molecule is CCC1(CC)NC(=O)C(C)N(C2CC2)C1=O. The summed E-state index contributed by atoms with van der Waals surface area (Å²) in [5.74, 6) is 0.113. The fourth-order valence-electron chi connectivity index (χ4n) is 2.51. The van der Waals surface area contributed by atoms with Gasteiger partial charge in [-0.2, -0.15) is 0 Å². The van der Waals surface area contributed by atoms with Gasteiger partial charge in [0.2, 0.25) is 11.8 Å². The van der Waals surface area contributed by atoms with Crippen LogP contribution in [0.1, 0.15) is 46.5 Å². The van der Waals surface area contributed by atoms with Crippen LogP contribution in [-0.4, -0.2) is 34.3 Å². The van der Waals surface area contributed by atoms with Crippen molar-refractivity contribution in [3.05, 3.63) is 0 Å². The first-order valence-electron chi connectivity index (χ1n) is 6.20. The van der Waals surface area contributed by atoms with E-state index in [2.05, 4.69) is 5.32 Å². The zero-order chi connectivity index (χ0) is 11.9. The number of rotatable bonds is 3. The normalized spacial score (nSPS) is 29.2. The second-order valence-corrected chi connectivity index (χ2v) is 4.90. The first-order chi connectivity index (χ1) is 7.55. The molecular weight excluding hydrogens is 204 g/mol. The number of amides is 2. The minimum absolute atomic E-state index is 0.00444. The molecule has 1 unspecified atom stereocenters. The lowest BCUT2D eigenvalue weighted by molar-refractivity contribution is -0.155. The topological polar surface area (TPSA) is 49.4 Å². The van der Waals surface area contributed by atoms with Gasteiger partial charge in [0.05, 0.1) is 0 Å². The first-order valence-corrected chi connectivity index (χ1v) is 6.20. The number of carbonyl (C=O) groups excluding carboxylic acids is 2. The van der Waals surface area contributed by atoms with Crippen LogP contribution in [0.15, 0.2) is 0 Å². The molecule has 0 spiro atoms. The second-order valence-electron chi connectivity index (χ2n) is 4.90. The predicted molar refractivity (Wildman–Crippen MR) is 60.8 cm³/mol. The summed E-state index contributed by atoms with van der Waals surface area (Å²) in [5, 5.41) is 2.91. The Bertz CT molecular complexity index is 319. The summed E-state index contributed by atoms with van der Waals surface area (Å²) >= 11 is 0. The third-order valence-corrected chi connectivity index (χ3v) is 3.95. The maximum absolute atomic E-state index is 12.5. The van der Waals surface area contributed by atoms with E-state index in [1.54, 1.807) is 0 Å². The van der Waals surface area contributed by atoms with Crippen LogP contribution in [0.4, 0.5) is 0 Å². The Balaban J connectivity index is 2.30. The summed E-state index contributed by atoms with van der Waals surface area (Å²) in [5.41, 5.74) is -0.647. The van der Waals surface area contributed by atoms with Crippen LogP contribution < -0.4 is 5.32 Å². The summed E-state index contributed by atoms with van der Waals surface area (Å²) in [6.45, 7) is 5.74. The maximum Gasteiger partial charge on any atom is 0.249 e. The van der Waals surface area contributed by atoms with Gasteiger partial charge < -0.3 is 10.2 Å². The van der Waals surface area contributed by atoms with Crippen LogP contribution in [0.25, 0.3) is 0 Å². The molecule has 1 heterocycles. The lowest BCUT2D eigenvalue weighted by Crippen LogP contribution is -2.69. The quantitative estimate of drug-likeness (QED) is 0.779. The number of hydrogen-bond donors (Lipinski definition) is 1. The molecule has 1 saturated carbocycles. The Morgan fingerprint density at radius 3 is 2.31 bits per heavy atom. The number of nitrogens with one attached hydrogen (secondary N) is 1. The molecule has 1 N–H and O–H groups in total. The van der Waals surface area contributed by atoms with E-state index in [1.165, 1.54) is 0 Å². The van der Waals surface area contributed by atoms with Crippen molar-refractivity contribution in [3.8, 4) is 0 Å². The van der Waals surface area contributed by atoms with E-state index in [1.807, 2.05) is 25.7 Å². The summed E-state index contributed by atoms with van der Waals surface area (Å²) in [7, 11) is 0. The van der Waals surface area contributed by atoms with Crippen molar-refractivity contribution >= 4 is 11.8 Å². The lowest BCUT2D eigenvalue weighted by Gasteiger charge is -2.44. The molecule has 1 atom stereocenters. The Hall–Kier alpha value is -1.06. The molecule has 1 aliphatic carbocycles. The van der Waals surface area contributed by atoms with E-state index in [0.29, 0.717) is 18.9 Å². The molecule has 0 aromatic rings. The number of carbonyl (C=O) groups is 2. The van der Waals surface area contributed by atoms with Gasteiger partial charge in [0.1, 0.15) is 11.6 Å². The van der Waals surface area contributed by atoms with Crippen LogP contribution in [0.5, 0.6) is 0 Å². The van der Waals surface area contributed by atoms with Crippen molar-refractivity contribution in [3.63, 3.8) is 0 Å². The van der Waals surface area contributed by atoms with Gasteiger partial charge >= 0.3 is 0 Å². The van der Waals surface area contributed by atoms with E-state index in [-0.39, 0.29) is 17.9 Å². The van der Waals surface area contributed by atoms with E-state index >= 15 is 0 Å². The fraction of sp³-hybridized carbons (Fsp3) is 0.833. The zero-order valence-electron chi connectivity index (χ0n) is 10.2. The van der Waals surface area contributed by atoms with Crippen LogP contribution in [0, 0.1) is 0 Å². The van der Waals surface area contributed by atoms with Gasteiger partial charge in [0, 0.05) is 6.04 Å². The minimum Gasteiger partial charge on any atom is -0.340 e. The summed E-state index contributed by atoms with van der Waals surface area (Å²) in [6, 6.07) is 0.0113. The standard InChI is InChI=1S/C12H20N2O2/c1-4-12(5-2)11(16)14(9-6-7-9)8(3)10(15)13-12/h8-9H,4-7H2,1-3H3,(H,13,15). The number of hydrogen-bond acceptors (Lipinski definition) is 2. The molecule has 1 aliphatic heterocycles. The Morgan fingerprint density at radius 2 is 1.88 bits per heavy atom. The predicted octanol–water partition coefficient (Wildman–Crippen LogP) is 1.05. The molecule has 2 amide bonds. The molecule has 4 nitrogen and oxygen atoms in total. The highest BCUT2D eigenvalue weighted by Gasteiger charge is 2.51. The molecule has 4 heteroatoms. The molecule has 2 aliphatic rings.